The third-order valence-corrected chi connectivity index (χ3v) is 5.14. The van der Waals surface area contributed by atoms with Crippen LogP contribution in [0.25, 0.3) is 11.0 Å². The van der Waals surface area contributed by atoms with Crippen LogP contribution in [0.2, 0.25) is 0 Å². The van der Waals surface area contributed by atoms with Crippen molar-refractivity contribution in [2.75, 3.05) is 12.0 Å². The van der Waals surface area contributed by atoms with Gasteiger partial charge in [-0.2, -0.15) is 11.8 Å². The highest BCUT2D eigenvalue weighted by atomic mass is 32.2. The molecule has 102 valence electrons. The second-order valence-corrected chi connectivity index (χ2v) is 6.18. The van der Waals surface area contributed by atoms with E-state index in [1.807, 2.05) is 16.3 Å². The number of hydrogen-bond donors (Lipinski definition) is 1. The lowest BCUT2D eigenvalue weighted by Gasteiger charge is -2.32. The largest absolute Gasteiger partial charge is 0.369 e. The number of nitrogens with two attached hydrogens (primary N) is 1. The highest BCUT2D eigenvalue weighted by molar-refractivity contribution is 7.99. The van der Waals surface area contributed by atoms with E-state index in [0.29, 0.717) is 17.2 Å². The number of benzene rings is 1. The Hall–Kier alpha value is -1.23. The van der Waals surface area contributed by atoms with E-state index in [0.717, 1.165) is 17.5 Å². The van der Waals surface area contributed by atoms with Crippen LogP contribution in [0, 0.1) is 5.82 Å². The van der Waals surface area contributed by atoms with Crippen LogP contribution in [0.4, 0.5) is 10.3 Å². The van der Waals surface area contributed by atoms with Gasteiger partial charge in [0.15, 0.2) is 0 Å². The second kappa shape index (κ2) is 5.04. The first kappa shape index (κ1) is 12.8. The number of nitrogens with zero attached hydrogens (tertiary/aromatic N) is 2. The number of fused-ring (bicyclic) bond motifs is 1. The van der Waals surface area contributed by atoms with E-state index in [4.69, 9.17) is 5.73 Å². The molecule has 1 aromatic carbocycles. The van der Waals surface area contributed by atoms with Gasteiger partial charge in [-0.3, -0.25) is 0 Å². The molecule has 2 unspecified atom stereocenters. The van der Waals surface area contributed by atoms with Crippen molar-refractivity contribution >= 4 is 28.7 Å². The number of anilines is 1. The molecular weight excluding hydrogens is 261 g/mol. The van der Waals surface area contributed by atoms with Crippen LogP contribution in [-0.2, 0) is 0 Å². The zero-order valence-corrected chi connectivity index (χ0v) is 11.8. The van der Waals surface area contributed by atoms with E-state index >= 15 is 0 Å². The van der Waals surface area contributed by atoms with Crippen LogP contribution in [0.15, 0.2) is 18.2 Å². The smallest absolute Gasteiger partial charge is 0.201 e. The minimum atomic E-state index is -0.231. The maximum atomic E-state index is 13.5. The molecule has 1 aromatic heterocycles. The van der Waals surface area contributed by atoms with Gasteiger partial charge in [0.25, 0.3) is 0 Å². The maximum absolute atomic E-state index is 13.5. The minimum Gasteiger partial charge on any atom is -0.369 e. The summed E-state index contributed by atoms with van der Waals surface area (Å²) in [6.07, 6.45) is 6.90. The lowest BCUT2D eigenvalue weighted by Crippen LogP contribution is -2.26. The summed E-state index contributed by atoms with van der Waals surface area (Å²) in [7, 11) is 0. The van der Waals surface area contributed by atoms with Crippen molar-refractivity contribution in [2.45, 2.75) is 37.0 Å². The third-order valence-electron chi connectivity index (χ3n) is 3.98. The first-order chi connectivity index (χ1) is 9.20. The normalized spacial score (nSPS) is 23.9. The summed E-state index contributed by atoms with van der Waals surface area (Å²) < 4.78 is 15.5. The van der Waals surface area contributed by atoms with Gasteiger partial charge in [0, 0.05) is 11.3 Å². The molecule has 0 spiro atoms. The first-order valence-corrected chi connectivity index (χ1v) is 7.95. The lowest BCUT2D eigenvalue weighted by molar-refractivity contribution is 0.374. The van der Waals surface area contributed by atoms with Gasteiger partial charge >= 0.3 is 0 Å². The summed E-state index contributed by atoms with van der Waals surface area (Å²) in [4.78, 5) is 4.36. The molecule has 19 heavy (non-hydrogen) atoms. The van der Waals surface area contributed by atoms with Crippen LogP contribution in [0.5, 0.6) is 0 Å². The fourth-order valence-electron chi connectivity index (χ4n) is 3.08. The molecule has 1 aliphatic carbocycles. The van der Waals surface area contributed by atoms with Gasteiger partial charge in [-0.05, 0) is 37.3 Å². The van der Waals surface area contributed by atoms with Crippen molar-refractivity contribution in [2.24, 2.45) is 0 Å². The highest BCUT2D eigenvalue weighted by Gasteiger charge is 2.28. The number of hydrogen-bond acceptors (Lipinski definition) is 3. The number of nitrogen functional groups attached to an aromatic ring is 1. The molecule has 2 N–H and O–H groups in total. The molecule has 0 aliphatic heterocycles. The quantitative estimate of drug-likeness (QED) is 0.913. The molecule has 1 aliphatic rings. The van der Waals surface area contributed by atoms with Crippen molar-refractivity contribution in [1.29, 1.82) is 0 Å². The van der Waals surface area contributed by atoms with Crippen molar-refractivity contribution < 1.29 is 4.39 Å². The van der Waals surface area contributed by atoms with E-state index < -0.39 is 0 Å². The molecule has 3 rings (SSSR count). The predicted molar refractivity (Wildman–Crippen MR) is 78.9 cm³/mol. The molecule has 1 saturated carbocycles. The van der Waals surface area contributed by atoms with E-state index in [9.17, 15) is 4.39 Å². The number of thioether (sulfide) groups is 1. The second-order valence-electron chi connectivity index (χ2n) is 5.10. The highest BCUT2D eigenvalue weighted by Crippen LogP contribution is 2.38. The Kier molecular flexibility index (Phi) is 3.39. The molecule has 1 fully saturated rings. The van der Waals surface area contributed by atoms with Gasteiger partial charge < -0.3 is 10.3 Å². The van der Waals surface area contributed by atoms with E-state index in [2.05, 4.69) is 11.2 Å². The zero-order chi connectivity index (χ0) is 13.4. The number of halogens is 1. The Morgan fingerprint density at radius 2 is 2.16 bits per heavy atom. The van der Waals surface area contributed by atoms with Gasteiger partial charge in [-0.15, -0.1) is 0 Å². The average Bonchev–Trinajstić information content (AvgIpc) is 2.74. The number of aromatic nitrogens is 2. The Balaban J connectivity index is 2.12. The van der Waals surface area contributed by atoms with Crippen molar-refractivity contribution in [3.63, 3.8) is 0 Å². The minimum absolute atomic E-state index is 0.231. The summed E-state index contributed by atoms with van der Waals surface area (Å²) in [5.41, 5.74) is 7.68. The number of rotatable bonds is 2. The van der Waals surface area contributed by atoms with Gasteiger partial charge in [-0.1, -0.05) is 12.8 Å². The van der Waals surface area contributed by atoms with E-state index in [-0.39, 0.29) is 5.82 Å². The van der Waals surface area contributed by atoms with Crippen LogP contribution in [0.1, 0.15) is 31.7 Å². The molecule has 5 heteroatoms. The molecule has 0 radical (unpaired) electrons. The molecule has 0 bridgehead atoms. The summed E-state index contributed by atoms with van der Waals surface area (Å²) in [6.45, 7) is 0. The summed E-state index contributed by atoms with van der Waals surface area (Å²) >= 11 is 1.88. The van der Waals surface area contributed by atoms with E-state index in [1.165, 1.54) is 25.3 Å². The van der Waals surface area contributed by atoms with Crippen LogP contribution in [-0.4, -0.2) is 21.1 Å². The molecule has 2 atom stereocenters. The fourth-order valence-corrected chi connectivity index (χ4v) is 4.06. The Bertz CT molecular complexity index is 596. The average molecular weight is 279 g/mol. The van der Waals surface area contributed by atoms with Gasteiger partial charge in [-0.25, -0.2) is 9.37 Å². The van der Waals surface area contributed by atoms with Crippen LogP contribution in [0.3, 0.4) is 0 Å². The van der Waals surface area contributed by atoms with Gasteiger partial charge in [0.2, 0.25) is 5.95 Å². The van der Waals surface area contributed by atoms with E-state index in [1.54, 1.807) is 12.1 Å². The summed E-state index contributed by atoms with van der Waals surface area (Å²) in [6, 6.07) is 5.01. The van der Waals surface area contributed by atoms with Crippen molar-refractivity contribution in [1.82, 2.24) is 9.55 Å². The van der Waals surface area contributed by atoms with Gasteiger partial charge in [0.05, 0.1) is 11.0 Å². The van der Waals surface area contributed by atoms with Crippen LogP contribution >= 0.6 is 11.8 Å². The van der Waals surface area contributed by atoms with Crippen molar-refractivity contribution in [3.8, 4) is 0 Å². The lowest BCUT2D eigenvalue weighted by atomic mass is 9.94. The van der Waals surface area contributed by atoms with Crippen LogP contribution < -0.4 is 5.73 Å². The summed E-state index contributed by atoms with van der Waals surface area (Å²) in [5, 5.41) is 0.539. The van der Waals surface area contributed by atoms with Gasteiger partial charge in [0.1, 0.15) is 5.82 Å². The predicted octanol–water partition coefficient (Wildman–Crippen LogP) is 3.60. The maximum Gasteiger partial charge on any atom is 0.201 e. The monoisotopic (exact) mass is 279 g/mol. The molecule has 0 saturated heterocycles. The standard InChI is InChI=1S/C14H18FN3S/c1-19-13-5-3-2-4-11(13)18-12-8-9(15)6-7-10(12)17-14(18)16/h6-8,11,13H,2-5H2,1H3,(H2,16,17). The zero-order valence-electron chi connectivity index (χ0n) is 11.0. The molecule has 3 nitrogen and oxygen atoms in total. The molecule has 1 heterocycles. The summed E-state index contributed by atoms with van der Waals surface area (Å²) in [5.74, 6) is 0.275. The molecular formula is C14H18FN3S. The SMILES string of the molecule is CSC1CCCCC1n1c(N)nc2ccc(F)cc21. The Morgan fingerprint density at radius 1 is 1.37 bits per heavy atom. The first-order valence-electron chi connectivity index (χ1n) is 6.66. The van der Waals surface area contributed by atoms with Crippen molar-refractivity contribution in [3.05, 3.63) is 24.0 Å². The Morgan fingerprint density at radius 3 is 2.95 bits per heavy atom. The third kappa shape index (κ3) is 2.20. The molecule has 0 amide bonds. The molecule has 2 aromatic rings. The topological polar surface area (TPSA) is 43.8 Å². The Labute approximate surface area is 116 Å². The fraction of sp³-hybridized carbons (Fsp3) is 0.500. The number of imidazole rings is 1.